The molecule has 0 aromatic heterocycles. The number of methoxy groups -OCH3 is 3. The number of benzene rings is 5. The van der Waals surface area contributed by atoms with Crippen molar-refractivity contribution >= 4 is 66.3 Å². The van der Waals surface area contributed by atoms with Gasteiger partial charge in [0.05, 0.1) is 55.9 Å². The number of carbonyl (C=O) groups excluding carboxylic acids is 1. The summed E-state index contributed by atoms with van der Waals surface area (Å²) < 4.78 is 18.1. The summed E-state index contributed by atoms with van der Waals surface area (Å²) in [7, 11) is 4.51. The van der Waals surface area contributed by atoms with Crippen molar-refractivity contribution < 1.29 is 34.3 Å². The number of Topliss-reactive ketones (excluding diaryl/α,β-unsaturated/α-hetero) is 1. The van der Waals surface area contributed by atoms with Crippen molar-refractivity contribution in [3.05, 3.63) is 49.3 Å². The molecule has 0 spiro atoms. The number of hydrogen-bond acceptors (Lipinski definition) is 11. The van der Waals surface area contributed by atoms with Gasteiger partial charge in [-0.3, -0.25) is 14.4 Å². The molecule has 0 aliphatic heterocycles. The number of phenols is 1. The molecule has 2 saturated carbocycles. The molecular weight excluding hydrogens is 713 g/mol. The van der Waals surface area contributed by atoms with Gasteiger partial charge in [-0.25, -0.2) is 0 Å². The second kappa shape index (κ2) is 14.9. The van der Waals surface area contributed by atoms with Gasteiger partial charge in [0.25, 0.3) is 0 Å². The maximum absolute atomic E-state index is 15.0. The van der Waals surface area contributed by atoms with Gasteiger partial charge < -0.3 is 40.2 Å². The first-order valence-electron chi connectivity index (χ1n) is 20.1. The Balaban J connectivity index is 1.46. The van der Waals surface area contributed by atoms with Gasteiger partial charge in [-0.15, -0.1) is 0 Å². The van der Waals surface area contributed by atoms with Crippen LogP contribution < -0.4 is 35.7 Å². The van der Waals surface area contributed by atoms with E-state index in [9.17, 15) is 29.7 Å². The Hall–Kier alpha value is -4.87. The number of ether oxygens (including phenoxy) is 3. The first-order valence-corrected chi connectivity index (χ1v) is 20.1. The van der Waals surface area contributed by atoms with E-state index in [-0.39, 0.29) is 45.7 Å². The fourth-order valence-corrected chi connectivity index (χ4v) is 10.3. The molecule has 1 unspecified atom stereocenters. The minimum Gasteiger partial charge on any atom is -0.507 e. The predicted molar refractivity (Wildman–Crippen MR) is 222 cm³/mol. The van der Waals surface area contributed by atoms with Crippen LogP contribution in [0.3, 0.4) is 0 Å². The SMILES string of the molecule is COc1c2c3c4c(c(NCCC5CCC(O)CC5)c(=O)c5c(O)cc(OC)c(c6c(OC)cc(NCCC7CCC(O)CC7)c(c1=O)c63)c54)C=C(C)C2C(C)=O. The molecule has 1 atom stereocenters. The Morgan fingerprint density at radius 3 is 1.80 bits per heavy atom. The average molecular weight is 765 g/mol. The van der Waals surface area contributed by atoms with Crippen molar-refractivity contribution in [1.82, 2.24) is 0 Å². The lowest BCUT2D eigenvalue weighted by Crippen LogP contribution is -2.22. The van der Waals surface area contributed by atoms with Gasteiger partial charge in [0, 0.05) is 69.0 Å². The van der Waals surface area contributed by atoms with Crippen molar-refractivity contribution in [2.45, 2.75) is 96.2 Å². The lowest BCUT2D eigenvalue weighted by Gasteiger charge is -2.27. The van der Waals surface area contributed by atoms with Gasteiger partial charge in [0.15, 0.2) is 5.75 Å². The van der Waals surface area contributed by atoms with Gasteiger partial charge in [-0.2, -0.15) is 0 Å². The van der Waals surface area contributed by atoms with Crippen LogP contribution in [-0.4, -0.2) is 67.7 Å². The molecule has 0 bridgehead atoms. The number of carbonyl (C=O) groups is 1. The predicted octanol–water partition coefficient (Wildman–Crippen LogP) is 7.42. The molecule has 0 heterocycles. The molecule has 2 fully saturated rings. The third-order valence-corrected chi connectivity index (χ3v) is 13.0. The summed E-state index contributed by atoms with van der Waals surface area (Å²) >= 11 is 0. The second-order valence-corrected chi connectivity index (χ2v) is 16.3. The zero-order chi connectivity index (χ0) is 39.6. The third-order valence-electron chi connectivity index (χ3n) is 13.0. The molecule has 3 aliphatic rings. The van der Waals surface area contributed by atoms with E-state index in [2.05, 4.69) is 10.6 Å². The summed E-state index contributed by atoms with van der Waals surface area (Å²) in [6.45, 7) is 4.42. The number of aromatic hydroxyl groups is 1. The monoisotopic (exact) mass is 764 g/mol. The lowest BCUT2D eigenvalue weighted by atomic mass is 9.80. The standard InChI is InChI=1S/C45H52N2O9/c1-21-18-27-33-38-35(43(52)42(27)47-17-15-24-8-12-26(50)13-9-24)29(51)20-31(55-4)37(38)36-30(54-3)19-28(46-16-14-23-6-10-25(49)11-7-23)34-40(36)39(33)41(32(21)22(2)48)45(56-5)44(34)53/h18-20,23-26,32,46-47,49-51H,6-17H2,1-5H3. The smallest absolute Gasteiger partial charge is 0.230 e. The van der Waals surface area contributed by atoms with E-state index >= 15 is 0 Å². The van der Waals surface area contributed by atoms with Crippen molar-refractivity contribution in [2.24, 2.45) is 11.8 Å². The summed E-state index contributed by atoms with van der Waals surface area (Å²) in [4.78, 5) is 43.7. The van der Waals surface area contributed by atoms with Crippen LogP contribution in [0.1, 0.15) is 95.1 Å². The minimum atomic E-state index is -0.867. The van der Waals surface area contributed by atoms with Crippen LogP contribution in [0.25, 0.3) is 49.2 Å². The number of rotatable bonds is 12. The van der Waals surface area contributed by atoms with Crippen molar-refractivity contribution in [3.63, 3.8) is 0 Å². The first-order chi connectivity index (χ1) is 27.0. The Bertz CT molecular complexity index is 2500. The molecule has 56 heavy (non-hydrogen) atoms. The number of aliphatic hydroxyl groups excluding tert-OH is 2. The number of hydrogen-bond donors (Lipinski definition) is 5. The fourth-order valence-electron chi connectivity index (χ4n) is 10.3. The summed E-state index contributed by atoms with van der Waals surface area (Å²) in [5.74, 6) is 0.343. The largest absolute Gasteiger partial charge is 0.507 e. The zero-order valence-electron chi connectivity index (χ0n) is 32.9. The van der Waals surface area contributed by atoms with Gasteiger partial charge in [-0.1, -0.05) is 11.6 Å². The van der Waals surface area contributed by atoms with Crippen molar-refractivity contribution in [3.8, 4) is 23.0 Å². The first kappa shape index (κ1) is 38.0. The molecule has 5 aromatic carbocycles. The Labute approximate surface area is 325 Å². The quantitative estimate of drug-likeness (QED) is 0.0635. The van der Waals surface area contributed by atoms with E-state index in [4.69, 9.17) is 14.2 Å². The molecule has 11 nitrogen and oxygen atoms in total. The third kappa shape index (κ3) is 6.05. The van der Waals surface area contributed by atoms with Crippen molar-refractivity contribution in [2.75, 3.05) is 45.1 Å². The summed E-state index contributed by atoms with van der Waals surface area (Å²) in [6, 6.07) is 3.26. The maximum atomic E-state index is 15.0. The van der Waals surface area contributed by atoms with Crippen LogP contribution in [-0.2, 0) is 4.79 Å². The normalized spacial score (nSPS) is 22.5. The maximum Gasteiger partial charge on any atom is 0.230 e. The topological polar surface area (TPSA) is 164 Å². The molecule has 3 aliphatic carbocycles. The molecule has 11 heteroatoms. The van der Waals surface area contributed by atoms with Crippen LogP contribution in [0.4, 0.5) is 11.4 Å². The molecule has 0 radical (unpaired) electrons. The number of nitrogens with one attached hydrogen (secondary N) is 2. The molecule has 5 N–H and O–H groups in total. The molecule has 0 saturated heterocycles. The van der Waals surface area contributed by atoms with E-state index in [1.165, 1.54) is 27.2 Å². The van der Waals surface area contributed by atoms with Gasteiger partial charge in [-0.05, 0) is 95.3 Å². The number of aliphatic hydroxyl groups is 2. The summed E-state index contributed by atoms with van der Waals surface area (Å²) in [6.07, 6.45) is 9.81. The Morgan fingerprint density at radius 1 is 0.696 bits per heavy atom. The lowest BCUT2D eigenvalue weighted by molar-refractivity contribution is -0.117. The van der Waals surface area contributed by atoms with Crippen LogP contribution in [0.5, 0.6) is 23.0 Å². The van der Waals surface area contributed by atoms with Gasteiger partial charge >= 0.3 is 0 Å². The van der Waals surface area contributed by atoms with Crippen LogP contribution in [0, 0.1) is 11.8 Å². The Kier molecular flexibility index (Phi) is 10.1. The highest BCUT2D eigenvalue weighted by Crippen LogP contribution is 2.56. The molecule has 296 valence electrons. The van der Waals surface area contributed by atoms with E-state index in [0.717, 1.165) is 64.2 Å². The molecule has 8 rings (SSSR count). The molecule has 5 aromatic rings. The molecule has 0 amide bonds. The number of allylic oxidation sites excluding steroid dienone is 1. The van der Waals surface area contributed by atoms with Crippen LogP contribution in [0.15, 0.2) is 27.3 Å². The number of phenolic OH excluding ortho intramolecular Hbond substituents is 1. The van der Waals surface area contributed by atoms with Gasteiger partial charge in [0.2, 0.25) is 10.9 Å². The highest BCUT2D eigenvalue weighted by Gasteiger charge is 2.37. The fraction of sp³-hybridized carbons (Fsp3) is 0.489. The molecular formula is C45H52N2O9. The van der Waals surface area contributed by atoms with Crippen molar-refractivity contribution in [1.29, 1.82) is 0 Å². The van der Waals surface area contributed by atoms with Crippen LogP contribution >= 0.6 is 0 Å². The zero-order valence-corrected chi connectivity index (χ0v) is 32.9. The van der Waals surface area contributed by atoms with Crippen LogP contribution in [0.2, 0.25) is 0 Å². The highest BCUT2D eigenvalue weighted by atomic mass is 16.5. The van der Waals surface area contributed by atoms with E-state index in [1.807, 2.05) is 13.0 Å². The van der Waals surface area contributed by atoms with E-state index in [0.29, 0.717) is 102 Å². The number of ketones is 1. The summed E-state index contributed by atoms with van der Waals surface area (Å²) in [5.41, 5.74) is 1.76. The van der Waals surface area contributed by atoms with Gasteiger partial charge in [0.1, 0.15) is 23.0 Å². The number of fused-ring (bicyclic) bond motifs is 1. The number of anilines is 2. The summed E-state index contributed by atoms with van der Waals surface area (Å²) in [5, 5.41) is 42.6. The average Bonchev–Trinajstić information content (AvgIpc) is 3.31. The highest BCUT2D eigenvalue weighted by molar-refractivity contribution is 6.40. The van der Waals surface area contributed by atoms with E-state index < -0.39 is 5.92 Å². The minimum absolute atomic E-state index is 0.0534. The Morgan fingerprint density at radius 2 is 1.25 bits per heavy atom. The second-order valence-electron chi connectivity index (χ2n) is 16.3. The van der Waals surface area contributed by atoms with E-state index in [1.54, 1.807) is 13.2 Å².